The second kappa shape index (κ2) is 9.12. The van der Waals surface area contributed by atoms with E-state index in [9.17, 15) is 18.0 Å². The van der Waals surface area contributed by atoms with Crippen LogP contribution >= 0.6 is 11.3 Å². The number of aryl methyl sites for hydroxylation is 2. The molecule has 6 nitrogen and oxygen atoms in total. The second-order valence-electron chi connectivity index (χ2n) is 8.20. The number of esters is 1. The van der Waals surface area contributed by atoms with Crippen molar-refractivity contribution >= 4 is 33.1 Å². The van der Waals surface area contributed by atoms with E-state index < -0.39 is 15.8 Å². The highest BCUT2D eigenvalue weighted by atomic mass is 32.2. The highest BCUT2D eigenvalue weighted by molar-refractivity contribution is 7.91. The molecule has 0 N–H and O–H groups in total. The van der Waals surface area contributed by atoms with Crippen molar-refractivity contribution in [2.24, 2.45) is 0 Å². The topological polar surface area (TPSA) is 80.8 Å². The third-order valence-corrected chi connectivity index (χ3v) is 8.93. The lowest BCUT2D eigenvalue weighted by Crippen LogP contribution is -2.43. The fraction of sp³-hybridized carbons (Fsp3) is 0.478. The molecule has 0 saturated carbocycles. The number of ether oxygens (including phenoxy) is 1. The van der Waals surface area contributed by atoms with E-state index in [0.29, 0.717) is 17.8 Å². The molecule has 2 aliphatic rings. The summed E-state index contributed by atoms with van der Waals surface area (Å²) in [7, 11) is -3.10. The molecule has 0 spiro atoms. The van der Waals surface area contributed by atoms with Gasteiger partial charge in [0.25, 0.3) is 5.91 Å². The zero-order valence-electron chi connectivity index (χ0n) is 17.6. The van der Waals surface area contributed by atoms with Crippen molar-refractivity contribution < 1.29 is 22.7 Å². The maximum Gasteiger partial charge on any atom is 0.348 e. The zero-order valence-corrected chi connectivity index (χ0v) is 19.3. The van der Waals surface area contributed by atoms with E-state index in [2.05, 4.69) is 12.1 Å². The second-order valence-corrected chi connectivity index (χ2v) is 11.5. The fourth-order valence-electron chi connectivity index (χ4n) is 4.31. The molecule has 1 aliphatic carbocycles. The number of nitrogens with zero attached hydrogens (tertiary/aromatic N) is 1. The third-order valence-electron chi connectivity index (χ3n) is 5.98. The Morgan fingerprint density at radius 2 is 1.97 bits per heavy atom. The molecule has 1 fully saturated rings. The van der Waals surface area contributed by atoms with Crippen LogP contribution in [0, 0.1) is 0 Å². The Morgan fingerprint density at radius 3 is 2.71 bits per heavy atom. The van der Waals surface area contributed by atoms with Crippen LogP contribution in [0.4, 0.5) is 0 Å². The summed E-state index contributed by atoms with van der Waals surface area (Å²) in [5.41, 5.74) is 3.59. The molecule has 1 aromatic heterocycles. The van der Waals surface area contributed by atoms with Gasteiger partial charge in [0.15, 0.2) is 16.4 Å². The van der Waals surface area contributed by atoms with Crippen LogP contribution in [-0.4, -0.2) is 55.9 Å². The summed E-state index contributed by atoms with van der Waals surface area (Å²) in [4.78, 5) is 28.7. The first kappa shape index (κ1) is 22.0. The van der Waals surface area contributed by atoms with E-state index in [0.717, 1.165) is 41.7 Å². The molecule has 1 unspecified atom stereocenters. The summed E-state index contributed by atoms with van der Waals surface area (Å²) >= 11 is 1.41. The molecular formula is C23H27NO5S2. The first-order valence-corrected chi connectivity index (χ1v) is 13.4. The highest BCUT2D eigenvalue weighted by Crippen LogP contribution is 2.39. The molecule has 31 heavy (non-hydrogen) atoms. The molecule has 1 saturated heterocycles. The van der Waals surface area contributed by atoms with E-state index in [4.69, 9.17) is 4.74 Å². The normalized spacial score (nSPS) is 18.8. The molecule has 1 atom stereocenters. The van der Waals surface area contributed by atoms with Gasteiger partial charge in [-0.05, 0) is 48.4 Å². The van der Waals surface area contributed by atoms with Crippen molar-refractivity contribution in [3.8, 4) is 10.4 Å². The summed E-state index contributed by atoms with van der Waals surface area (Å²) in [5, 5.41) is 0. The minimum absolute atomic E-state index is 0.00649. The Balaban J connectivity index is 1.42. The van der Waals surface area contributed by atoms with Crippen molar-refractivity contribution in [1.29, 1.82) is 0 Å². The maximum absolute atomic E-state index is 12.8. The average Bonchev–Trinajstić information content (AvgIpc) is 3.35. The van der Waals surface area contributed by atoms with Crippen molar-refractivity contribution in [2.45, 2.75) is 45.1 Å². The zero-order chi connectivity index (χ0) is 22.0. The van der Waals surface area contributed by atoms with Gasteiger partial charge in [-0.15, -0.1) is 11.3 Å². The number of carbonyl (C=O) groups excluding carboxylic acids is 2. The lowest BCUT2D eigenvalue weighted by atomic mass is 9.91. The predicted octanol–water partition coefficient (Wildman–Crippen LogP) is 3.49. The van der Waals surface area contributed by atoms with Crippen molar-refractivity contribution in [3.63, 3.8) is 0 Å². The standard InChI is InChI=1S/C23H27NO5S2/c1-2-3-11-24(18-10-12-31(27,28)15-18)21(25)14-29-23(26)20-13-17-9-8-16-6-4-5-7-19(16)22(17)30-20/h4-7,13,18H,2-3,8-12,14-15H2,1H3. The molecule has 8 heteroatoms. The number of fused-ring (bicyclic) bond motifs is 3. The molecule has 166 valence electrons. The molecule has 1 aliphatic heterocycles. The average molecular weight is 462 g/mol. The molecular weight excluding hydrogens is 434 g/mol. The van der Waals surface area contributed by atoms with Crippen LogP contribution in [0.25, 0.3) is 10.4 Å². The van der Waals surface area contributed by atoms with E-state index >= 15 is 0 Å². The fourth-order valence-corrected chi connectivity index (χ4v) is 7.21. The van der Waals surface area contributed by atoms with E-state index in [1.165, 1.54) is 16.9 Å². The van der Waals surface area contributed by atoms with Crippen LogP contribution in [-0.2, 0) is 32.2 Å². The SMILES string of the molecule is CCCCN(C(=O)COC(=O)c1cc2c(s1)-c1ccccc1CC2)C1CCS(=O)(=O)C1. The summed E-state index contributed by atoms with van der Waals surface area (Å²) in [6.07, 6.45) is 3.96. The van der Waals surface area contributed by atoms with Gasteiger partial charge in [0.05, 0.1) is 11.5 Å². The van der Waals surface area contributed by atoms with Gasteiger partial charge in [-0.3, -0.25) is 4.79 Å². The van der Waals surface area contributed by atoms with E-state index in [1.54, 1.807) is 4.90 Å². The summed E-state index contributed by atoms with van der Waals surface area (Å²) in [6.45, 7) is 2.14. The van der Waals surface area contributed by atoms with Gasteiger partial charge in [-0.25, -0.2) is 13.2 Å². The Hall–Kier alpha value is -2.19. The number of rotatable bonds is 7. The van der Waals surface area contributed by atoms with Crippen LogP contribution in [0.15, 0.2) is 30.3 Å². The molecule has 2 aromatic rings. The molecule has 1 aromatic carbocycles. The third kappa shape index (κ3) is 4.85. The quantitative estimate of drug-likeness (QED) is 0.590. The molecule has 0 bridgehead atoms. The van der Waals surface area contributed by atoms with Crippen molar-refractivity contribution in [3.05, 3.63) is 46.3 Å². The smallest absolute Gasteiger partial charge is 0.348 e. The minimum atomic E-state index is -3.10. The van der Waals surface area contributed by atoms with E-state index in [1.807, 2.05) is 25.1 Å². The Morgan fingerprint density at radius 1 is 1.19 bits per heavy atom. The molecule has 4 rings (SSSR count). The molecule has 1 amide bonds. The Labute approximate surface area is 187 Å². The lowest BCUT2D eigenvalue weighted by molar-refractivity contribution is -0.136. The Kier molecular flexibility index (Phi) is 6.48. The van der Waals surface area contributed by atoms with Gasteiger partial charge in [0.1, 0.15) is 4.88 Å². The van der Waals surface area contributed by atoms with Crippen LogP contribution in [0.2, 0.25) is 0 Å². The van der Waals surface area contributed by atoms with Crippen LogP contribution in [0.1, 0.15) is 47.0 Å². The van der Waals surface area contributed by atoms with Gasteiger partial charge in [0, 0.05) is 17.5 Å². The summed E-state index contributed by atoms with van der Waals surface area (Å²) in [5.74, 6) is -0.724. The number of hydrogen-bond donors (Lipinski definition) is 0. The van der Waals surface area contributed by atoms with Gasteiger partial charge < -0.3 is 9.64 Å². The van der Waals surface area contributed by atoms with Gasteiger partial charge in [-0.1, -0.05) is 37.6 Å². The maximum atomic E-state index is 12.8. The minimum Gasteiger partial charge on any atom is -0.451 e. The molecule has 2 heterocycles. The largest absolute Gasteiger partial charge is 0.451 e. The van der Waals surface area contributed by atoms with Crippen molar-refractivity contribution in [1.82, 2.24) is 4.90 Å². The predicted molar refractivity (Wildman–Crippen MR) is 121 cm³/mol. The number of sulfone groups is 1. The lowest BCUT2D eigenvalue weighted by Gasteiger charge is -2.28. The van der Waals surface area contributed by atoms with Crippen LogP contribution in [0.3, 0.4) is 0 Å². The first-order chi connectivity index (χ1) is 14.9. The number of carbonyl (C=O) groups is 2. The first-order valence-electron chi connectivity index (χ1n) is 10.8. The van der Waals surface area contributed by atoms with Gasteiger partial charge >= 0.3 is 5.97 Å². The van der Waals surface area contributed by atoms with Crippen LogP contribution in [0.5, 0.6) is 0 Å². The number of unbranched alkanes of at least 4 members (excludes halogenated alkanes) is 1. The van der Waals surface area contributed by atoms with Crippen LogP contribution < -0.4 is 0 Å². The number of thiophene rings is 1. The number of benzene rings is 1. The number of amides is 1. The monoisotopic (exact) mass is 461 g/mol. The van der Waals surface area contributed by atoms with E-state index in [-0.39, 0.29) is 30.1 Å². The number of hydrogen-bond acceptors (Lipinski definition) is 6. The van der Waals surface area contributed by atoms with Crippen molar-refractivity contribution in [2.75, 3.05) is 24.7 Å². The summed E-state index contributed by atoms with van der Waals surface area (Å²) < 4.78 is 29.1. The van der Waals surface area contributed by atoms with Gasteiger partial charge in [0.2, 0.25) is 0 Å². The molecule has 0 radical (unpaired) electrons. The van der Waals surface area contributed by atoms with Gasteiger partial charge in [-0.2, -0.15) is 0 Å². The summed E-state index contributed by atoms with van der Waals surface area (Å²) in [6, 6.07) is 9.76. The Bertz CT molecular complexity index is 1090. The highest BCUT2D eigenvalue weighted by Gasteiger charge is 2.34.